The molecule has 3 heterocycles. The average Bonchev–Trinajstić information content (AvgIpc) is 3.31. The molecule has 0 spiro atoms. The third kappa shape index (κ3) is 4.82. The summed E-state index contributed by atoms with van der Waals surface area (Å²) in [5.74, 6) is -0.783. The number of anilines is 1. The number of oxime groups is 1. The lowest BCUT2D eigenvalue weighted by Crippen LogP contribution is -2.73. The number of nitrogens with two attached hydrogens (primary N) is 1. The summed E-state index contributed by atoms with van der Waals surface area (Å²) in [7, 11) is -3.52. The van der Waals surface area contributed by atoms with Crippen LogP contribution >= 0.6 is 34.9 Å². The van der Waals surface area contributed by atoms with Crippen molar-refractivity contribution in [2.75, 3.05) is 30.9 Å². The Morgan fingerprint density at radius 3 is 2.90 bits per heavy atom. The van der Waals surface area contributed by atoms with E-state index >= 15 is 0 Å². The zero-order valence-electron chi connectivity index (χ0n) is 14.8. The fourth-order valence-corrected chi connectivity index (χ4v) is 6.38. The topological polar surface area (TPSA) is 177 Å². The first-order valence-electron chi connectivity index (χ1n) is 7.96. The van der Waals surface area contributed by atoms with Crippen LogP contribution in [0.5, 0.6) is 0 Å². The highest BCUT2D eigenvalue weighted by atomic mass is 32.2. The average molecular weight is 481 g/mol. The van der Waals surface area contributed by atoms with Gasteiger partial charge in [-0.3, -0.25) is 19.1 Å². The summed E-state index contributed by atoms with van der Waals surface area (Å²) in [5.41, 5.74) is 5.40. The summed E-state index contributed by atoms with van der Waals surface area (Å²) >= 11 is 3.76. The number of hydrogen-bond donors (Lipinski definition) is 3. The lowest BCUT2D eigenvalue weighted by atomic mass is 10.0. The fraction of sp³-hybridized carbons (Fsp3) is 0.462. The minimum absolute atomic E-state index is 0.118. The molecule has 29 heavy (non-hydrogen) atoms. The molecule has 12 nitrogen and oxygen atoms in total. The van der Waals surface area contributed by atoms with Crippen LogP contribution < -0.4 is 11.1 Å². The summed E-state index contributed by atoms with van der Waals surface area (Å²) in [6.45, 7) is 0.660. The molecule has 0 saturated carbocycles. The predicted molar refractivity (Wildman–Crippen MR) is 111 cm³/mol. The molecule has 0 aromatic carbocycles. The molecule has 1 aromatic heterocycles. The van der Waals surface area contributed by atoms with Gasteiger partial charge in [0.1, 0.15) is 17.5 Å². The van der Waals surface area contributed by atoms with E-state index in [4.69, 9.17) is 5.73 Å². The highest BCUT2D eigenvalue weighted by Crippen LogP contribution is 2.30. The molecule has 2 atom stereocenters. The van der Waals surface area contributed by atoms with Crippen molar-refractivity contribution in [2.24, 2.45) is 10.1 Å². The largest absolute Gasteiger partial charge is 0.398 e. The molecule has 0 bridgehead atoms. The second-order valence-electron chi connectivity index (χ2n) is 5.62. The predicted octanol–water partition coefficient (Wildman–Crippen LogP) is -0.590. The van der Waals surface area contributed by atoms with Crippen LogP contribution in [0.2, 0.25) is 0 Å². The van der Waals surface area contributed by atoms with Crippen molar-refractivity contribution in [2.45, 2.75) is 12.1 Å². The number of amides is 2. The van der Waals surface area contributed by atoms with E-state index in [1.165, 1.54) is 36.8 Å². The smallest absolute Gasteiger partial charge is 0.362 e. The van der Waals surface area contributed by atoms with Gasteiger partial charge in [0.2, 0.25) is 0 Å². The number of thiazole rings is 1. The standard InChI is InChI=1S/C13H16N6O6S4/c1-25-18-9(7-4-16-12(14)28-7)10(20)17-8-6(5-27-13-15-2-3-26-13)19(11(8)21)29(22,23)24/h4,6,8H,2-3,5H2,1H3,(H2,14,16)(H,17,20)(H,22,23,24)/b18-9-/t6-,8-/m0/s1. The van der Waals surface area contributed by atoms with Crippen molar-refractivity contribution in [3.05, 3.63) is 11.1 Å². The number of β-lactam (4-membered cyclic amide) rings is 1. The van der Waals surface area contributed by atoms with Gasteiger partial charge in [0, 0.05) is 17.7 Å². The first-order chi connectivity index (χ1) is 13.7. The number of aliphatic imine (C=N–C) groups is 1. The molecule has 158 valence electrons. The lowest BCUT2D eigenvalue weighted by Gasteiger charge is -2.43. The maximum absolute atomic E-state index is 12.7. The van der Waals surface area contributed by atoms with Gasteiger partial charge in [-0.15, -0.1) is 0 Å². The van der Waals surface area contributed by atoms with Gasteiger partial charge >= 0.3 is 10.3 Å². The molecule has 0 radical (unpaired) electrons. The number of nitrogens with one attached hydrogen (secondary N) is 1. The Labute approximate surface area is 178 Å². The van der Waals surface area contributed by atoms with Crippen LogP contribution in [0.1, 0.15) is 4.88 Å². The quantitative estimate of drug-likeness (QED) is 0.198. The van der Waals surface area contributed by atoms with Crippen molar-refractivity contribution in [1.29, 1.82) is 0 Å². The number of thioether (sulfide) groups is 2. The SMILES string of the molecule is CO/N=C(\C(=O)N[C@@H]1C(=O)N(S(=O)(=O)O)[C@H]1CSC1=NCCS1)c1cnc(N)s1. The number of rotatable bonds is 7. The van der Waals surface area contributed by atoms with Crippen LogP contribution in [0.3, 0.4) is 0 Å². The Bertz CT molecular complexity index is 976. The van der Waals surface area contributed by atoms with Gasteiger partial charge in [0.05, 0.1) is 17.5 Å². The Kier molecular flexibility index (Phi) is 6.67. The normalized spacial score (nSPS) is 22.3. The van der Waals surface area contributed by atoms with Gasteiger partial charge in [-0.05, 0) is 0 Å². The van der Waals surface area contributed by atoms with Gasteiger partial charge in [-0.25, -0.2) is 9.29 Å². The van der Waals surface area contributed by atoms with Crippen molar-refractivity contribution < 1.29 is 27.4 Å². The monoisotopic (exact) mass is 480 g/mol. The van der Waals surface area contributed by atoms with Crippen molar-refractivity contribution in [1.82, 2.24) is 14.6 Å². The van der Waals surface area contributed by atoms with Crippen LogP contribution in [0.25, 0.3) is 0 Å². The van der Waals surface area contributed by atoms with Crippen LogP contribution in [-0.2, 0) is 24.7 Å². The zero-order valence-corrected chi connectivity index (χ0v) is 18.1. The Morgan fingerprint density at radius 1 is 1.59 bits per heavy atom. The number of nitrogens with zero attached hydrogens (tertiary/aromatic N) is 4. The highest BCUT2D eigenvalue weighted by Gasteiger charge is 2.54. The number of carbonyl (C=O) groups excluding carboxylic acids is 2. The summed E-state index contributed by atoms with van der Waals surface area (Å²) in [5, 5.41) is 6.30. The zero-order chi connectivity index (χ0) is 21.2. The molecule has 16 heteroatoms. The van der Waals surface area contributed by atoms with Gasteiger partial charge in [-0.1, -0.05) is 40.0 Å². The maximum Gasteiger partial charge on any atom is 0.362 e. The molecule has 1 fully saturated rings. The molecule has 3 rings (SSSR count). The number of aromatic nitrogens is 1. The molecular formula is C13H16N6O6S4. The number of carbonyl (C=O) groups is 2. The summed E-state index contributed by atoms with van der Waals surface area (Å²) < 4.78 is 33.6. The van der Waals surface area contributed by atoms with E-state index < -0.39 is 34.2 Å². The minimum Gasteiger partial charge on any atom is -0.398 e. The molecule has 2 amide bonds. The van der Waals surface area contributed by atoms with Gasteiger partial charge < -0.3 is 15.9 Å². The highest BCUT2D eigenvalue weighted by molar-refractivity contribution is 8.39. The van der Waals surface area contributed by atoms with Crippen LogP contribution in [-0.4, -0.2) is 81.4 Å². The van der Waals surface area contributed by atoms with Gasteiger partial charge in [0.15, 0.2) is 10.8 Å². The van der Waals surface area contributed by atoms with E-state index in [1.807, 2.05) is 0 Å². The molecule has 4 N–H and O–H groups in total. The summed E-state index contributed by atoms with van der Waals surface area (Å²) in [6.07, 6.45) is 1.33. The van der Waals surface area contributed by atoms with Crippen LogP contribution in [0.15, 0.2) is 16.3 Å². The summed E-state index contributed by atoms with van der Waals surface area (Å²) in [6, 6.07) is -2.15. The van der Waals surface area contributed by atoms with Crippen LogP contribution in [0.4, 0.5) is 5.13 Å². The first-order valence-corrected chi connectivity index (χ1v) is 12.1. The molecule has 0 unspecified atom stereocenters. The second-order valence-corrected chi connectivity index (χ2v) is 10.3. The molecule has 1 aromatic rings. The fourth-order valence-electron chi connectivity index (χ4n) is 2.58. The third-order valence-corrected chi connectivity index (χ3v) is 7.93. The molecule has 2 aliphatic rings. The van der Waals surface area contributed by atoms with Crippen molar-refractivity contribution in [3.8, 4) is 0 Å². The van der Waals surface area contributed by atoms with E-state index in [0.717, 1.165) is 21.5 Å². The molecule has 1 saturated heterocycles. The van der Waals surface area contributed by atoms with Crippen LogP contribution in [0, 0.1) is 0 Å². The second kappa shape index (κ2) is 8.86. The minimum atomic E-state index is -4.77. The summed E-state index contributed by atoms with van der Waals surface area (Å²) in [4.78, 5) is 38.0. The van der Waals surface area contributed by atoms with Gasteiger partial charge in [0.25, 0.3) is 11.8 Å². The maximum atomic E-state index is 12.7. The lowest BCUT2D eigenvalue weighted by molar-refractivity contribution is -0.143. The Hall–Kier alpha value is -1.88. The molecule has 0 aliphatic carbocycles. The molecular weight excluding hydrogens is 464 g/mol. The van der Waals surface area contributed by atoms with E-state index in [-0.39, 0.29) is 16.6 Å². The third-order valence-electron chi connectivity index (χ3n) is 3.79. The number of hydrogen-bond acceptors (Lipinski definition) is 12. The van der Waals surface area contributed by atoms with E-state index in [9.17, 15) is 22.6 Å². The van der Waals surface area contributed by atoms with E-state index in [0.29, 0.717) is 15.7 Å². The van der Waals surface area contributed by atoms with E-state index in [2.05, 4.69) is 25.3 Å². The Morgan fingerprint density at radius 2 is 2.34 bits per heavy atom. The van der Waals surface area contributed by atoms with Crippen molar-refractivity contribution in [3.63, 3.8) is 0 Å². The van der Waals surface area contributed by atoms with Crippen molar-refractivity contribution >= 4 is 72.2 Å². The first kappa shape index (κ1) is 21.8. The molecule has 2 aliphatic heterocycles. The number of nitrogen functional groups attached to an aromatic ring is 1. The Balaban J connectivity index is 1.76. The van der Waals surface area contributed by atoms with E-state index in [1.54, 1.807) is 0 Å². The van der Waals surface area contributed by atoms with Gasteiger partial charge in [-0.2, -0.15) is 8.42 Å².